The molecule has 6 nitrogen and oxygen atoms in total. The molecule has 9 heteroatoms. The lowest BCUT2D eigenvalue weighted by Crippen LogP contribution is -2.28. The third kappa shape index (κ3) is 5.94. The minimum absolute atomic E-state index is 0.136. The maximum absolute atomic E-state index is 12.6. The molecule has 3 rings (SSSR count). The summed E-state index contributed by atoms with van der Waals surface area (Å²) in [6.45, 7) is 2.33. The van der Waals surface area contributed by atoms with E-state index in [0.29, 0.717) is 12.1 Å². The normalized spacial score (nSPS) is 14.3. The number of benzene rings is 2. The number of halogens is 3. The Balaban J connectivity index is 2.01. The van der Waals surface area contributed by atoms with Crippen molar-refractivity contribution in [1.82, 2.24) is 4.90 Å². The van der Waals surface area contributed by atoms with E-state index < -0.39 is 30.0 Å². The summed E-state index contributed by atoms with van der Waals surface area (Å²) in [5.74, 6) is -2.69. The number of hydrogen-bond acceptors (Lipinski definition) is 6. The minimum atomic E-state index is -4.84. The first-order valence-electron chi connectivity index (χ1n) is 9.88. The van der Waals surface area contributed by atoms with E-state index in [0.717, 1.165) is 23.3 Å². The second-order valence-corrected chi connectivity index (χ2v) is 7.36. The highest BCUT2D eigenvalue weighted by Gasteiger charge is 2.36. The van der Waals surface area contributed by atoms with Gasteiger partial charge in [-0.25, -0.2) is 9.59 Å². The van der Waals surface area contributed by atoms with Crippen LogP contribution >= 0.6 is 0 Å². The van der Waals surface area contributed by atoms with Gasteiger partial charge in [-0.2, -0.15) is 0 Å². The molecule has 1 aliphatic rings. The number of hydrogen-bond donors (Lipinski definition) is 0. The van der Waals surface area contributed by atoms with Gasteiger partial charge in [-0.1, -0.05) is 42.0 Å². The summed E-state index contributed by atoms with van der Waals surface area (Å²) in [5, 5.41) is 0. The molecule has 0 aromatic heterocycles. The zero-order valence-electron chi connectivity index (χ0n) is 18.2. The molecular weight excluding hydrogens is 439 g/mol. The first kappa shape index (κ1) is 23.9. The molecule has 0 atom stereocenters. The van der Waals surface area contributed by atoms with Crippen LogP contribution in [0.5, 0.6) is 5.75 Å². The van der Waals surface area contributed by atoms with Gasteiger partial charge in [-0.15, -0.1) is 13.2 Å². The van der Waals surface area contributed by atoms with Crippen molar-refractivity contribution in [2.24, 2.45) is 0 Å². The number of carbonyl (C=O) groups excluding carboxylic acids is 2. The Morgan fingerprint density at radius 1 is 0.879 bits per heavy atom. The van der Waals surface area contributed by atoms with Crippen LogP contribution in [0.25, 0.3) is 0 Å². The standard InChI is InChI=1S/C24H22F3NO5/c1-15-4-6-16(7-5-15)12-28-13-19(22(29)31-2)21(20(14-28)23(30)32-3)17-8-10-18(11-9-17)33-24(25,26)27/h4-11,13-14,21H,12H2,1-3H3. The lowest BCUT2D eigenvalue weighted by molar-refractivity contribution is -0.274. The summed E-state index contributed by atoms with van der Waals surface area (Å²) in [4.78, 5) is 26.9. The Morgan fingerprint density at radius 3 is 1.85 bits per heavy atom. The topological polar surface area (TPSA) is 65.1 Å². The highest BCUT2D eigenvalue weighted by atomic mass is 19.4. The summed E-state index contributed by atoms with van der Waals surface area (Å²) in [6, 6.07) is 12.7. The molecule has 2 aromatic carbocycles. The van der Waals surface area contributed by atoms with Crippen LogP contribution in [-0.2, 0) is 25.6 Å². The molecule has 0 saturated heterocycles. The fourth-order valence-corrected chi connectivity index (χ4v) is 3.50. The molecule has 0 amide bonds. The summed E-state index contributed by atoms with van der Waals surface area (Å²) >= 11 is 0. The van der Waals surface area contributed by atoms with Crippen LogP contribution in [0.4, 0.5) is 13.2 Å². The zero-order chi connectivity index (χ0) is 24.2. The second-order valence-electron chi connectivity index (χ2n) is 7.36. The van der Waals surface area contributed by atoms with Crippen molar-refractivity contribution in [1.29, 1.82) is 0 Å². The predicted octanol–water partition coefficient (Wildman–Crippen LogP) is 4.61. The molecule has 174 valence electrons. The van der Waals surface area contributed by atoms with Gasteiger partial charge in [0.25, 0.3) is 0 Å². The van der Waals surface area contributed by atoms with Crippen LogP contribution in [0.1, 0.15) is 22.6 Å². The lowest BCUT2D eigenvalue weighted by atomic mass is 9.83. The van der Waals surface area contributed by atoms with Crippen molar-refractivity contribution in [3.8, 4) is 5.75 Å². The molecule has 0 saturated carbocycles. The van der Waals surface area contributed by atoms with E-state index in [4.69, 9.17) is 9.47 Å². The number of methoxy groups -OCH3 is 2. The molecule has 1 heterocycles. The third-order valence-corrected chi connectivity index (χ3v) is 5.01. The SMILES string of the molecule is COC(=O)C1=CN(Cc2ccc(C)cc2)C=C(C(=O)OC)C1c1ccc(OC(F)(F)F)cc1. The van der Waals surface area contributed by atoms with Gasteiger partial charge < -0.3 is 19.1 Å². The second kappa shape index (κ2) is 9.81. The maximum Gasteiger partial charge on any atom is 0.573 e. The molecule has 1 aliphatic heterocycles. The highest BCUT2D eigenvalue weighted by Crippen LogP contribution is 2.38. The Hall–Kier alpha value is -3.75. The lowest BCUT2D eigenvalue weighted by Gasteiger charge is -2.30. The van der Waals surface area contributed by atoms with E-state index in [1.54, 1.807) is 17.3 Å². The first-order chi connectivity index (χ1) is 15.6. The number of aryl methyl sites for hydroxylation is 1. The monoisotopic (exact) mass is 461 g/mol. The van der Waals surface area contributed by atoms with Gasteiger partial charge in [0.1, 0.15) is 5.75 Å². The quantitative estimate of drug-likeness (QED) is 0.586. The number of alkyl halides is 3. The molecule has 0 spiro atoms. The Morgan fingerprint density at radius 2 is 1.39 bits per heavy atom. The fraction of sp³-hybridized carbons (Fsp3) is 0.250. The van der Waals surface area contributed by atoms with E-state index in [9.17, 15) is 22.8 Å². The Labute approximate surface area is 188 Å². The minimum Gasteiger partial charge on any atom is -0.466 e. The molecule has 0 fully saturated rings. The number of rotatable bonds is 6. The van der Waals surface area contributed by atoms with Gasteiger partial charge >= 0.3 is 18.3 Å². The van der Waals surface area contributed by atoms with Gasteiger partial charge in [-0.3, -0.25) is 0 Å². The molecule has 0 unspecified atom stereocenters. The van der Waals surface area contributed by atoms with E-state index in [1.165, 1.54) is 26.4 Å². The van der Waals surface area contributed by atoms with Crippen molar-refractivity contribution in [3.05, 3.63) is 88.8 Å². The summed E-state index contributed by atoms with van der Waals surface area (Å²) in [5.41, 5.74) is 2.70. The number of carbonyl (C=O) groups is 2. The maximum atomic E-state index is 12.6. The highest BCUT2D eigenvalue weighted by molar-refractivity contribution is 5.98. The van der Waals surface area contributed by atoms with Crippen LogP contribution in [0.15, 0.2) is 72.1 Å². The van der Waals surface area contributed by atoms with Gasteiger partial charge in [-0.05, 0) is 30.2 Å². The van der Waals surface area contributed by atoms with E-state index in [-0.39, 0.29) is 11.1 Å². The van der Waals surface area contributed by atoms with Crippen LogP contribution in [0, 0.1) is 6.92 Å². The Kier molecular flexibility index (Phi) is 7.10. The van der Waals surface area contributed by atoms with Crippen LogP contribution in [-0.4, -0.2) is 37.4 Å². The van der Waals surface area contributed by atoms with Gasteiger partial charge in [0.15, 0.2) is 0 Å². The van der Waals surface area contributed by atoms with E-state index in [2.05, 4.69) is 4.74 Å². The average molecular weight is 461 g/mol. The smallest absolute Gasteiger partial charge is 0.466 e. The van der Waals surface area contributed by atoms with Crippen molar-refractivity contribution in [3.63, 3.8) is 0 Å². The van der Waals surface area contributed by atoms with Crippen LogP contribution in [0.3, 0.4) is 0 Å². The number of esters is 2. The molecule has 0 aliphatic carbocycles. The average Bonchev–Trinajstić information content (AvgIpc) is 2.78. The molecule has 0 bridgehead atoms. The third-order valence-electron chi connectivity index (χ3n) is 5.01. The van der Waals surface area contributed by atoms with Gasteiger partial charge in [0.05, 0.1) is 31.3 Å². The molecule has 0 N–H and O–H groups in total. The summed E-state index contributed by atoms with van der Waals surface area (Å²) in [6.07, 6.45) is -1.72. The molecule has 2 aromatic rings. The van der Waals surface area contributed by atoms with E-state index in [1.807, 2.05) is 31.2 Å². The number of ether oxygens (including phenoxy) is 3. The van der Waals surface area contributed by atoms with E-state index >= 15 is 0 Å². The molecular formula is C24H22F3NO5. The predicted molar refractivity (Wildman–Crippen MR) is 113 cm³/mol. The van der Waals surface area contributed by atoms with Crippen LogP contribution < -0.4 is 4.74 Å². The summed E-state index contributed by atoms with van der Waals surface area (Å²) in [7, 11) is 2.42. The first-order valence-corrected chi connectivity index (χ1v) is 9.88. The zero-order valence-corrected chi connectivity index (χ0v) is 18.2. The fourth-order valence-electron chi connectivity index (χ4n) is 3.50. The van der Waals surface area contributed by atoms with Crippen molar-refractivity contribution in [2.75, 3.05) is 14.2 Å². The molecule has 33 heavy (non-hydrogen) atoms. The Bertz CT molecular complexity index is 1040. The number of nitrogens with zero attached hydrogens (tertiary/aromatic N) is 1. The largest absolute Gasteiger partial charge is 0.573 e. The van der Waals surface area contributed by atoms with Gasteiger partial charge in [0, 0.05) is 18.9 Å². The van der Waals surface area contributed by atoms with Crippen LogP contribution in [0.2, 0.25) is 0 Å². The van der Waals surface area contributed by atoms with Crippen molar-refractivity contribution < 1.29 is 37.0 Å². The summed E-state index contributed by atoms with van der Waals surface area (Å²) < 4.78 is 51.2. The molecule has 0 radical (unpaired) electrons. The van der Waals surface area contributed by atoms with Gasteiger partial charge in [0.2, 0.25) is 0 Å². The van der Waals surface area contributed by atoms with Crippen molar-refractivity contribution in [2.45, 2.75) is 25.7 Å². The van der Waals surface area contributed by atoms with Crippen molar-refractivity contribution >= 4 is 11.9 Å².